The molecule has 2 aliphatic heterocycles. The Balaban J connectivity index is 1.58. The van der Waals surface area contributed by atoms with E-state index in [2.05, 4.69) is 30.8 Å². The molecule has 0 amide bonds. The van der Waals surface area contributed by atoms with Crippen LogP contribution in [-0.4, -0.2) is 40.6 Å². The minimum atomic E-state index is 0.407. The fourth-order valence-corrected chi connectivity index (χ4v) is 3.84. The average molecular weight is 320 g/mol. The van der Waals surface area contributed by atoms with Crippen molar-refractivity contribution in [3.05, 3.63) is 41.9 Å². The molecular formula is C18H20N6. The number of hydrogen-bond donors (Lipinski definition) is 0. The zero-order valence-electron chi connectivity index (χ0n) is 13.8. The minimum Gasteiger partial charge on any atom is -0.352 e. The number of pyridine rings is 1. The standard InChI is InChI=1S/C18H20N6/c1-13-5-8-20-18(21-13)23-9-6-14-7-10-24(16(14)12-23)17-4-2-3-15(11-19)22-17/h2-5,8,14,16H,6-7,9-10,12H2,1H3. The molecule has 0 N–H and O–H groups in total. The lowest BCUT2D eigenvalue weighted by Gasteiger charge is -2.38. The van der Waals surface area contributed by atoms with E-state index < -0.39 is 0 Å². The fourth-order valence-electron chi connectivity index (χ4n) is 3.84. The maximum absolute atomic E-state index is 9.10. The SMILES string of the molecule is Cc1ccnc(N2CCC3CCN(c4cccc(C#N)n4)C3C2)n1. The van der Waals surface area contributed by atoms with Gasteiger partial charge in [0.2, 0.25) is 5.95 Å². The average Bonchev–Trinajstić information content (AvgIpc) is 3.05. The maximum Gasteiger partial charge on any atom is 0.225 e. The van der Waals surface area contributed by atoms with E-state index in [-0.39, 0.29) is 0 Å². The van der Waals surface area contributed by atoms with E-state index in [1.54, 1.807) is 6.07 Å². The van der Waals surface area contributed by atoms with Gasteiger partial charge in [-0.1, -0.05) is 6.07 Å². The van der Waals surface area contributed by atoms with Gasteiger partial charge in [0.25, 0.3) is 0 Å². The molecule has 0 bridgehead atoms. The molecule has 2 saturated heterocycles. The van der Waals surface area contributed by atoms with E-state index in [0.29, 0.717) is 17.7 Å². The molecule has 2 aromatic rings. The molecule has 0 aromatic carbocycles. The first kappa shape index (κ1) is 14.9. The molecule has 6 nitrogen and oxygen atoms in total. The highest BCUT2D eigenvalue weighted by Crippen LogP contribution is 2.35. The number of fused-ring (bicyclic) bond motifs is 1. The fraction of sp³-hybridized carbons (Fsp3) is 0.444. The molecule has 2 unspecified atom stereocenters. The summed E-state index contributed by atoms with van der Waals surface area (Å²) in [6.07, 6.45) is 4.16. The van der Waals surface area contributed by atoms with Gasteiger partial charge in [-0.15, -0.1) is 0 Å². The maximum atomic E-state index is 9.10. The molecule has 6 heteroatoms. The summed E-state index contributed by atoms with van der Waals surface area (Å²) < 4.78 is 0. The highest BCUT2D eigenvalue weighted by molar-refractivity contribution is 5.46. The van der Waals surface area contributed by atoms with Crippen LogP contribution in [0.4, 0.5) is 11.8 Å². The van der Waals surface area contributed by atoms with Crippen LogP contribution in [0.25, 0.3) is 0 Å². The zero-order valence-corrected chi connectivity index (χ0v) is 13.8. The van der Waals surface area contributed by atoms with E-state index >= 15 is 0 Å². The molecule has 2 atom stereocenters. The van der Waals surface area contributed by atoms with Crippen LogP contribution in [0.5, 0.6) is 0 Å². The first-order chi connectivity index (χ1) is 11.7. The Morgan fingerprint density at radius 2 is 2.04 bits per heavy atom. The number of aryl methyl sites for hydroxylation is 1. The lowest BCUT2D eigenvalue weighted by Crippen LogP contribution is -2.49. The predicted octanol–water partition coefficient (Wildman–Crippen LogP) is 2.16. The number of nitriles is 1. The molecule has 24 heavy (non-hydrogen) atoms. The Bertz CT molecular complexity index is 783. The summed E-state index contributed by atoms with van der Waals surface area (Å²) in [7, 11) is 0. The lowest BCUT2D eigenvalue weighted by molar-refractivity contribution is 0.386. The number of nitrogens with zero attached hydrogens (tertiary/aromatic N) is 6. The van der Waals surface area contributed by atoms with Gasteiger partial charge < -0.3 is 9.80 Å². The molecule has 2 aliphatic rings. The largest absolute Gasteiger partial charge is 0.352 e. The third kappa shape index (κ3) is 2.67. The molecule has 0 aliphatic carbocycles. The van der Waals surface area contributed by atoms with Gasteiger partial charge in [0, 0.05) is 31.5 Å². The van der Waals surface area contributed by atoms with Gasteiger partial charge in [-0.25, -0.2) is 15.0 Å². The molecule has 122 valence electrons. The molecule has 0 radical (unpaired) electrons. The second-order valence-electron chi connectivity index (χ2n) is 6.54. The summed E-state index contributed by atoms with van der Waals surface area (Å²) in [6, 6.07) is 10.1. The van der Waals surface area contributed by atoms with Crippen LogP contribution in [-0.2, 0) is 0 Å². The van der Waals surface area contributed by atoms with Crippen LogP contribution in [0.15, 0.2) is 30.5 Å². The van der Waals surface area contributed by atoms with Crippen molar-refractivity contribution in [2.75, 3.05) is 29.4 Å². The van der Waals surface area contributed by atoms with Crippen LogP contribution < -0.4 is 9.80 Å². The smallest absolute Gasteiger partial charge is 0.225 e. The van der Waals surface area contributed by atoms with Crippen molar-refractivity contribution in [1.29, 1.82) is 5.26 Å². The molecule has 2 fully saturated rings. The van der Waals surface area contributed by atoms with Gasteiger partial charge in [0.15, 0.2) is 0 Å². The summed E-state index contributed by atoms with van der Waals surface area (Å²) in [5, 5.41) is 9.10. The molecule has 4 heterocycles. The monoisotopic (exact) mass is 320 g/mol. The van der Waals surface area contributed by atoms with Gasteiger partial charge in [-0.05, 0) is 43.9 Å². The van der Waals surface area contributed by atoms with Crippen LogP contribution in [0.1, 0.15) is 24.2 Å². The Kier molecular flexibility index (Phi) is 3.77. The first-order valence-corrected chi connectivity index (χ1v) is 8.43. The van der Waals surface area contributed by atoms with E-state index in [4.69, 9.17) is 5.26 Å². The quantitative estimate of drug-likeness (QED) is 0.844. The van der Waals surface area contributed by atoms with Gasteiger partial charge >= 0.3 is 0 Å². The topological polar surface area (TPSA) is 68.9 Å². The molecule has 4 rings (SSSR count). The normalized spacial score (nSPS) is 23.0. The Morgan fingerprint density at radius 1 is 1.17 bits per heavy atom. The molecular weight excluding hydrogens is 300 g/mol. The number of piperidine rings is 1. The Hall–Kier alpha value is -2.68. The lowest BCUT2D eigenvalue weighted by atomic mass is 9.92. The van der Waals surface area contributed by atoms with Crippen molar-refractivity contribution >= 4 is 11.8 Å². The third-order valence-corrected chi connectivity index (χ3v) is 5.07. The molecule has 0 spiro atoms. The summed E-state index contributed by atoms with van der Waals surface area (Å²) in [4.78, 5) is 18.1. The van der Waals surface area contributed by atoms with Crippen molar-refractivity contribution in [2.45, 2.75) is 25.8 Å². The third-order valence-electron chi connectivity index (χ3n) is 5.07. The van der Waals surface area contributed by atoms with Crippen LogP contribution in [0, 0.1) is 24.2 Å². The highest BCUT2D eigenvalue weighted by Gasteiger charge is 2.39. The van der Waals surface area contributed by atoms with Crippen molar-refractivity contribution in [1.82, 2.24) is 15.0 Å². The van der Waals surface area contributed by atoms with E-state index in [1.807, 2.05) is 31.3 Å². The highest BCUT2D eigenvalue weighted by atomic mass is 15.3. The number of rotatable bonds is 2. The Labute approximate surface area is 141 Å². The second kappa shape index (κ2) is 6.08. The van der Waals surface area contributed by atoms with Crippen LogP contribution >= 0.6 is 0 Å². The van der Waals surface area contributed by atoms with Gasteiger partial charge in [-0.2, -0.15) is 5.26 Å². The van der Waals surface area contributed by atoms with Gasteiger partial charge in [0.1, 0.15) is 17.6 Å². The first-order valence-electron chi connectivity index (χ1n) is 8.43. The summed E-state index contributed by atoms with van der Waals surface area (Å²) in [5.41, 5.74) is 1.47. The second-order valence-corrected chi connectivity index (χ2v) is 6.54. The zero-order chi connectivity index (χ0) is 16.5. The van der Waals surface area contributed by atoms with Crippen molar-refractivity contribution in [2.24, 2.45) is 5.92 Å². The van der Waals surface area contributed by atoms with E-state index in [9.17, 15) is 0 Å². The van der Waals surface area contributed by atoms with Gasteiger partial charge in [0.05, 0.1) is 6.04 Å². The minimum absolute atomic E-state index is 0.407. The Morgan fingerprint density at radius 3 is 2.88 bits per heavy atom. The molecule has 0 saturated carbocycles. The van der Waals surface area contributed by atoms with E-state index in [0.717, 1.165) is 43.5 Å². The summed E-state index contributed by atoms with van der Waals surface area (Å²) in [5.74, 6) is 2.41. The number of anilines is 2. The van der Waals surface area contributed by atoms with Crippen LogP contribution in [0.2, 0.25) is 0 Å². The van der Waals surface area contributed by atoms with Crippen molar-refractivity contribution in [3.63, 3.8) is 0 Å². The summed E-state index contributed by atoms with van der Waals surface area (Å²) >= 11 is 0. The van der Waals surface area contributed by atoms with E-state index in [1.165, 1.54) is 6.42 Å². The predicted molar refractivity (Wildman–Crippen MR) is 91.8 cm³/mol. The number of aromatic nitrogens is 3. The molecule has 2 aromatic heterocycles. The summed E-state index contributed by atoms with van der Waals surface area (Å²) in [6.45, 7) is 4.91. The van der Waals surface area contributed by atoms with Gasteiger partial charge in [-0.3, -0.25) is 0 Å². The number of hydrogen-bond acceptors (Lipinski definition) is 6. The van der Waals surface area contributed by atoms with Crippen molar-refractivity contribution < 1.29 is 0 Å². The van der Waals surface area contributed by atoms with Crippen molar-refractivity contribution in [3.8, 4) is 6.07 Å². The van der Waals surface area contributed by atoms with Crippen LogP contribution in [0.3, 0.4) is 0 Å².